The highest BCUT2D eigenvalue weighted by atomic mass is 16.5. The fraction of sp³-hybridized carbons (Fsp3) is 0.737. The quantitative estimate of drug-likeness (QED) is 0.181. The molecule has 2 atom stereocenters. The van der Waals surface area contributed by atoms with E-state index in [-0.39, 0.29) is 36.8 Å². The SMILES string of the molecule is CCCCCCCC(=O)N[C@@H](C)C(=O)C1(C(=O)CCCN)CC(=O)N(O)C1=O. The Hall–Kier alpha value is -2.13. The Morgan fingerprint density at radius 1 is 1.14 bits per heavy atom. The maximum absolute atomic E-state index is 12.9. The molecule has 1 aliphatic rings. The zero-order valence-electron chi connectivity index (χ0n) is 16.7. The van der Waals surface area contributed by atoms with Crippen LogP contribution in [-0.4, -0.2) is 52.1 Å². The molecule has 0 aromatic carbocycles. The highest BCUT2D eigenvalue weighted by Gasteiger charge is 2.62. The van der Waals surface area contributed by atoms with Crippen molar-refractivity contribution >= 4 is 29.3 Å². The molecule has 0 aromatic heterocycles. The normalized spacial score (nSPS) is 20.4. The lowest BCUT2D eigenvalue weighted by atomic mass is 9.73. The Kier molecular flexibility index (Phi) is 9.40. The van der Waals surface area contributed by atoms with Crippen molar-refractivity contribution in [2.75, 3.05) is 6.54 Å². The predicted octanol–water partition coefficient (Wildman–Crippen LogP) is 0.863. The van der Waals surface area contributed by atoms with Gasteiger partial charge in [-0.1, -0.05) is 32.6 Å². The summed E-state index contributed by atoms with van der Waals surface area (Å²) >= 11 is 0. The molecule has 1 saturated heterocycles. The second-order valence-electron chi connectivity index (χ2n) is 7.23. The minimum Gasteiger partial charge on any atom is -0.347 e. The van der Waals surface area contributed by atoms with Gasteiger partial charge in [0, 0.05) is 12.8 Å². The Balaban J connectivity index is 2.83. The number of amides is 3. The molecular weight excluding hydrogens is 366 g/mol. The average molecular weight is 397 g/mol. The van der Waals surface area contributed by atoms with Crippen LogP contribution in [0, 0.1) is 5.41 Å². The summed E-state index contributed by atoms with van der Waals surface area (Å²) in [5, 5.41) is 11.9. The fourth-order valence-corrected chi connectivity index (χ4v) is 3.33. The molecule has 0 aliphatic carbocycles. The van der Waals surface area contributed by atoms with E-state index in [1.165, 1.54) is 6.92 Å². The summed E-state index contributed by atoms with van der Waals surface area (Å²) in [5.74, 6) is -4.29. The van der Waals surface area contributed by atoms with E-state index >= 15 is 0 Å². The van der Waals surface area contributed by atoms with Gasteiger partial charge in [0.1, 0.15) is 0 Å². The third-order valence-corrected chi connectivity index (χ3v) is 4.99. The molecule has 9 heteroatoms. The molecule has 9 nitrogen and oxygen atoms in total. The van der Waals surface area contributed by atoms with E-state index in [1.807, 2.05) is 0 Å². The maximum Gasteiger partial charge on any atom is 0.275 e. The lowest BCUT2D eigenvalue weighted by Crippen LogP contribution is -2.53. The first kappa shape index (κ1) is 23.9. The Labute approximate surface area is 165 Å². The molecule has 1 aliphatic heterocycles. The highest BCUT2D eigenvalue weighted by molar-refractivity contribution is 6.31. The van der Waals surface area contributed by atoms with Gasteiger partial charge < -0.3 is 11.1 Å². The summed E-state index contributed by atoms with van der Waals surface area (Å²) in [7, 11) is 0. The second-order valence-corrected chi connectivity index (χ2v) is 7.23. The Bertz CT molecular complexity index is 621. The fourth-order valence-electron chi connectivity index (χ4n) is 3.33. The largest absolute Gasteiger partial charge is 0.347 e. The van der Waals surface area contributed by atoms with E-state index in [0.717, 1.165) is 25.7 Å². The summed E-state index contributed by atoms with van der Waals surface area (Å²) in [6.07, 6.45) is 4.35. The van der Waals surface area contributed by atoms with Gasteiger partial charge in [-0.3, -0.25) is 29.2 Å². The molecule has 1 heterocycles. The number of ketones is 2. The molecule has 4 N–H and O–H groups in total. The van der Waals surface area contributed by atoms with Crippen LogP contribution in [0.5, 0.6) is 0 Å². The van der Waals surface area contributed by atoms with Gasteiger partial charge >= 0.3 is 0 Å². The van der Waals surface area contributed by atoms with Crippen LogP contribution in [0.2, 0.25) is 0 Å². The summed E-state index contributed by atoms with van der Waals surface area (Å²) in [6.45, 7) is 3.63. The van der Waals surface area contributed by atoms with E-state index in [4.69, 9.17) is 5.73 Å². The van der Waals surface area contributed by atoms with Crippen molar-refractivity contribution in [2.45, 2.75) is 77.7 Å². The van der Waals surface area contributed by atoms with Gasteiger partial charge in [0.05, 0.1) is 12.5 Å². The molecule has 1 fully saturated rings. The van der Waals surface area contributed by atoms with Crippen LogP contribution in [0.3, 0.4) is 0 Å². The number of carbonyl (C=O) groups is 5. The number of hydroxylamine groups is 2. The third-order valence-electron chi connectivity index (χ3n) is 4.99. The maximum atomic E-state index is 12.9. The summed E-state index contributed by atoms with van der Waals surface area (Å²) in [6, 6.07) is -1.15. The van der Waals surface area contributed by atoms with Crippen molar-refractivity contribution in [1.82, 2.24) is 10.4 Å². The zero-order valence-corrected chi connectivity index (χ0v) is 16.7. The lowest BCUT2D eigenvalue weighted by Gasteiger charge is -2.26. The average Bonchev–Trinajstić information content (AvgIpc) is 2.90. The first-order valence-electron chi connectivity index (χ1n) is 9.85. The third kappa shape index (κ3) is 5.45. The van der Waals surface area contributed by atoms with Gasteiger partial charge in [0.15, 0.2) is 17.0 Å². The molecule has 1 unspecified atom stereocenters. The van der Waals surface area contributed by atoms with Gasteiger partial charge in [0.25, 0.3) is 11.8 Å². The van der Waals surface area contributed by atoms with Crippen LogP contribution >= 0.6 is 0 Å². The van der Waals surface area contributed by atoms with Gasteiger partial charge in [-0.05, 0) is 26.3 Å². The predicted molar refractivity (Wildman–Crippen MR) is 100.0 cm³/mol. The lowest BCUT2D eigenvalue weighted by molar-refractivity contribution is -0.175. The van der Waals surface area contributed by atoms with Crippen molar-refractivity contribution in [3.8, 4) is 0 Å². The number of carbonyl (C=O) groups excluding carboxylic acids is 5. The van der Waals surface area contributed by atoms with Crippen molar-refractivity contribution < 1.29 is 29.2 Å². The molecule has 0 saturated carbocycles. The number of nitrogens with zero attached hydrogens (tertiary/aromatic N) is 1. The van der Waals surface area contributed by atoms with Crippen LogP contribution in [0.15, 0.2) is 0 Å². The van der Waals surface area contributed by atoms with E-state index in [0.29, 0.717) is 6.42 Å². The molecule has 3 amide bonds. The number of rotatable bonds is 13. The number of unbranched alkanes of at least 4 members (excludes halogenated alkanes) is 4. The minimum atomic E-state index is -2.30. The van der Waals surface area contributed by atoms with Gasteiger partial charge in [-0.25, -0.2) is 0 Å². The van der Waals surface area contributed by atoms with Crippen LogP contribution in [0.1, 0.15) is 71.6 Å². The first-order valence-corrected chi connectivity index (χ1v) is 9.85. The number of hydrogen-bond donors (Lipinski definition) is 3. The summed E-state index contributed by atoms with van der Waals surface area (Å²) in [5.41, 5.74) is 3.08. The summed E-state index contributed by atoms with van der Waals surface area (Å²) in [4.78, 5) is 61.9. The smallest absolute Gasteiger partial charge is 0.275 e. The minimum absolute atomic E-state index is 0.172. The number of imide groups is 1. The summed E-state index contributed by atoms with van der Waals surface area (Å²) < 4.78 is 0. The highest BCUT2D eigenvalue weighted by Crippen LogP contribution is 2.36. The van der Waals surface area contributed by atoms with Crippen LogP contribution in [0.25, 0.3) is 0 Å². The number of hydrogen-bond acceptors (Lipinski definition) is 7. The van der Waals surface area contributed by atoms with E-state index < -0.39 is 41.3 Å². The topological polar surface area (TPSA) is 147 Å². The number of Topliss-reactive ketones (excluding diaryl/α,β-unsaturated/α-hetero) is 2. The molecule has 0 radical (unpaired) electrons. The monoisotopic (exact) mass is 397 g/mol. The van der Waals surface area contributed by atoms with Gasteiger partial charge in [-0.2, -0.15) is 5.06 Å². The number of nitrogens with two attached hydrogens (primary N) is 1. The Morgan fingerprint density at radius 3 is 2.32 bits per heavy atom. The molecule has 1 rings (SSSR count). The molecular formula is C19H31N3O6. The Morgan fingerprint density at radius 2 is 1.79 bits per heavy atom. The van der Waals surface area contributed by atoms with E-state index in [1.54, 1.807) is 0 Å². The van der Waals surface area contributed by atoms with Crippen LogP contribution in [-0.2, 0) is 24.0 Å². The standard InChI is InChI=1S/C19H31N3O6/c1-3-4-5-6-7-10-15(24)21-13(2)17(26)19(14(23)9-8-11-20)12-16(25)22(28)18(19)27/h13,28H,3-12,20H2,1-2H3,(H,21,24)/t13-,19?/m0/s1. The molecule has 0 bridgehead atoms. The van der Waals surface area contributed by atoms with Gasteiger partial charge in [0.2, 0.25) is 5.91 Å². The number of nitrogens with one attached hydrogen (secondary N) is 1. The van der Waals surface area contributed by atoms with E-state index in [2.05, 4.69) is 12.2 Å². The second kappa shape index (κ2) is 11.0. The first-order chi connectivity index (χ1) is 13.2. The molecule has 0 spiro atoms. The van der Waals surface area contributed by atoms with Crippen molar-refractivity contribution in [3.05, 3.63) is 0 Å². The zero-order chi connectivity index (χ0) is 21.3. The molecule has 158 valence electrons. The van der Waals surface area contributed by atoms with Gasteiger partial charge in [-0.15, -0.1) is 0 Å². The van der Waals surface area contributed by atoms with Crippen molar-refractivity contribution in [2.24, 2.45) is 11.1 Å². The van der Waals surface area contributed by atoms with Crippen LogP contribution in [0.4, 0.5) is 0 Å². The van der Waals surface area contributed by atoms with Crippen molar-refractivity contribution in [1.29, 1.82) is 0 Å². The van der Waals surface area contributed by atoms with Crippen LogP contribution < -0.4 is 11.1 Å². The van der Waals surface area contributed by atoms with Crippen molar-refractivity contribution in [3.63, 3.8) is 0 Å². The van der Waals surface area contributed by atoms with E-state index in [9.17, 15) is 29.2 Å². The molecule has 28 heavy (non-hydrogen) atoms. The molecule has 0 aromatic rings.